The molecule has 0 fully saturated rings. The third-order valence-electron chi connectivity index (χ3n) is 2.37. The van der Waals surface area contributed by atoms with Crippen LogP contribution in [0.1, 0.15) is 25.3 Å². The van der Waals surface area contributed by atoms with Gasteiger partial charge in [0.1, 0.15) is 0 Å². The minimum Gasteiger partial charge on any atom is -0.399 e. The highest BCUT2D eigenvalue weighted by molar-refractivity contribution is 5.40. The zero-order valence-electron chi connectivity index (χ0n) is 8.20. The van der Waals surface area contributed by atoms with Crippen LogP contribution in [-0.4, -0.2) is 11.7 Å². The van der Waals surface area contributed by atoms with E-state index in [4.69, 9.17) is 5.73 Å². The second-order valence-corrected chi connectivity index (χ2v) is 3.70. The molecule has 2 nitrogen and oxygen atoms in total. The second kappa shape index (κ2) is 4.28. The number of hydrogen-bond acceptors (Lipinski definition) is 2. The van der Waals surface area contributed by atoms with E-state index in [2.05, 4.69) is 13.8 Å². The number of rotatable bonds is 3. The number of aliphatic hydroxyl groups excluding tert-OH is 1. The largest absolute Gasteiger partial charge is 0.399 e. The number of benzene rings is 1. The van der Waals surface area contributed by atoms with E-state index < -0.39 is 0 Å². The Balaban J connectivity index is 2.86. The predicted molar refractivity (Wildman–Crippen MR) is 55.5 cm³/mol. The van der Waals surface area contributed by atoms with Crippen LogP contribution in [0.15, 0.2) is 24.3 Å². The van der Waals surface area contributed by atoms with E-state index in [1.54, 1.807) is 0 Å². The van der Waals surface area contributed by atoms with Crippen LogP contribution in [0.5, 0.6) is 0 Å². The monoisotopic (exact) mass is 179 g/mol. The molecule has 0 amide bonds. The first-order valence-corrected chi connectivity index (χ1v) is 4.61. The van der Waals surface area contributed by atoms with Gasteiger partial charge in [0.15, 0.2) is 0 Å². The van der Waals surface area contributed by atoms with E-state index in [1.807, 2.05) is 24.3 Å². The van der Waals surface area contributed by atoms with Gasteiger partial charge in [-0.25, -0.2) is 0 Å². The lowest BCUT2D eigenvalue weighted by atomic mass is 9.89. The van der Waals surface area contributed by atoms with Crippen LogP contribution >= 0.6 is 0 Å². The van der Waals surface area contributed by atoms with Crippen molar-refractivity contribution in [2.24, 2.45) is 5.92 Å². The fraction of sp³-hybridized carbons (Fsp3) is 0.455. The maximum absolute atomic E-state index is 9.19. The van der Waals surface area contributed by atoms with Crippen LogP contribution in [0, 0.1) is 5.92 Å². The summed E-state index contributed by atoms with van der Waals surface area (Å²) in [6.07, 6.45) is 0. The van der Waals surface area contributed by atoms with E-state index in [0.29, 0.717) is 5.92 Å². The van der Waals surface area contributed by atoms with Crippen molar-refractivity contribution < 1.29 is 5.11 Å². The molecule has 0 bridgehead atoms. The Hall–Kier alpha value is -1.02. The van der Waals surface area contributed by atoms with Gasteiger partial charge in [-0.05, 0) is 23.6 Å². The van der Waals surface area contributed by atoms with Gasteiger partial charge in [-0.15, -0.1) is 0 Å². The lowest BCUT2D eigenvalue weighted by molar-refractivity contribution is 0.237. The Morgan fingerprint density at radius 2 is 1.77 bits per heavy atom. The van der Waals surface area contributed by atoms with Crippen molar-refractivity contribution in [1.82, 2.24) is 0 Å². The first-order chi connectivity index (χ1) is 6.15. The van der Waals surface area contributed by atoms with E-state index in [1.165, 1.54) is 0 Å². The van der Waals surface area contributed by atoms with Gasteiger partial charge in [0, 0.05) is 11.6 Å². The van der Waals surface area contributed by atoms with Crippen LogP contribution < -0.4 is 5.73 Å². The van der Waals surface area contributed by atoms with Gasteiger partial charge >= 0.3 is 0 Å². The summed E-state index contributed by atoms with van der Waals surface area (Å²) in [5.74, 6) is 0.675. The van der Waals surface area contributed by atoms with Crippen LogP contribution in [0.25, 0.3) is 0 Å². The van der Waals surface area contributed by atoms with Crippen molar-refractivity contribution >= 4 is 5.69 Å². The lowest BCUT2D eigenvalue weighted by Gasteiger charge is -2.18. The molecule has 1 atom stereocenters. The highest BCUT2D eigenvalue weighted by atomic mass is 16.3. The van der Waals surface area contributed by atoms with Crippen LogP contribution in [-0.2, 0) is 0 Å². The zero-order chi connectivity index (χ0) is 9.84. The molecule has 0 aliphatic carbocycles. The zero-order valence-corrected chi connectivity index (χ0v) is 8.20. The molecular weight excluding hydrogens is 162 g/mol. The molecule has 0 saturated carbocycles. The van der Waals surface area contributed by atoms with Crippen molar-refractivity contribution in [3.63, 3.8) is 0 Å². The van der Waals surface area contributed by atoms with Crippen molar-refractivity contribution in [3.05, 3.63) is 29.8 Å². The Morgan fingerprint density at radius 3 is 2.15 bits per heavy atom. The molecule has 0 radical (unpaired) electrons. The summed E-state index contributed by atoms with van der Waals surface area (Å²) >= 11 is 0. The van der Waals surface area contributed by atoms with Crippen molar-refractivity contribution in [2.45, 2.75) is 19.8 Å². The molecule has 13 heavy (non-hydrogen) atoms. The number of aliphatic hydroxyl groups is 1. The summed E-state index contributed by atoms with van der Waals surface area (Å²) < 4.78 is 0. The molecule has 72 valence electrons. The Bertz CT molecular complexity index is 253. The first-order valence-electron chi connectivity index (χ1n) is 4.61. The highest BCUT2D eigenvalue weighted by Gasteiger charge is 2.13. The SMILES string of the molecule is CC(C)[C@H](CO)c1ccc(N)cc1. The first kappa shape index (κ1) is 10.1. The molecule has 0 aliphatic heterocycles. The molecular formula is C11H17NO. The molecule has 0 spiro atoms. The van der Waals surface area contributed by atoms with Gasteiger partial charge in [-0.1, -0.05) is 26.0 Å². The Kier molecular flexibility index (Phi) is 3.32. The second-order valence-electron chi connectivity index (χ2n) is 3.70. The number of nitrogen functional groups attached to an aromatic ring is 1. The average molecular weight is 179 g/mol. The third kappa shape index (κ3) is 2.46. The molecule has 3 N–H and O–H groups in total. The molecule has 1 aromatic carbocycles. The molecule has 0 saturated heterocycles. The quantitative estimate of drug-likeness (QED) is 0.697. The summed E-state index contributed by atoms with van der Waals surface area (Å²) in [6, 6.07) is 7.72. The van der Waals surface area contributed by atoms with Gasteiger partial charge in [0.2, 0.25) is 0 Å². The molecule has 0 aliphatic rings. The van der Waals surface area contributed by atoms with Crippen molar-refractivity contribution in [1.29, 1.82) is 0 Å². The number of hydrogen-bond donors (Lipinski definition) is 2. The average Bonchev–Trinajstić information content (AvgIpc) is 2.09. The summed E-state index contributed by atoms with van der Waals surface area (Å²) in [7, 11) is 0. The van der Waals surface area contributed by atoms with Gasteiger partial charge < -0.3 is 10.8 Å². The van der Waals surface area contributed by atoms with Crippen LogP contribution in [0.4, 0.5) is 5.69 Å². The predicted octanol–water partition coefficient (Wildman–Crippen LogP) is 2.00. The van der Waals surface area contributed by atoms with E-state index in [-0.39, 0.29) is 12.5 Å². The molecule has 0 aromatic heterocycles. The van der Waals surface area contributed by atoms with Crippen LogP contribution in [0.2, 0.25) is 0 Å². The molecule has 1 rings (SSSR count). The normalized spacial score (nSPS) is 13.2. The van der Waals surface area contributed by atoms with Crippen molar-refractivity contribution in [3.8, 4) is 0 Å². The highest BCUT2D eigenvalue weighted by Crippen LogP contribution is 2.24. The van der Waals surface area contributed by atoms with E-state index >= 15 is 0 Å². The topological polar surface area (TPSA) is 46.2 Å². The van der Waals surface area contributed by atoms with Gasteiger partial charge in [0.05, 0.1) is 6.61 Å². The maximum atomic E-state index is 9.19. The van der Waals surface area contributed by atoms with Gasteiger partial charge in [-0.3, -0.25) is 0 Å². The summed E-state index contributed by atoms with van der Waals surface area (Å²) in [5.41, 5.74) is 7.51. The van der Waals surface area contributed by atoms with E-state index in [9.17, 15) is 5.11 Å². The molecule has 1 aromatic rings. The fourth-order valence-electron chi connectivity index (χ4n) is 1.44. The Labute approximate surface area is 79.4 Å². The third-order valence-corrected chi connectivity index (χ3v) is 2.37. The smallest absolute Gasteiger partial charge is 0.0502 e. The Morgan fingerprint density at radius 1 is 1.23 bits per heavy atom. The maximum Gasteiger partial charge on any atom is 0.0502 e. The fourth-order valence-corrected chi connectivity index (χ4v) is 1.44. The molecule has 0 unspecified atom stereocenters. The lowest BCUT2D eigenvalue weighted by Crippen LogP contribution is -2.11. The van der Waals surface area contributed by atoms with Gasteiger partial charge in [-0.2, -0.15) is 0 Å². The standard InChI is InChI=1S/C11H17NO/c1-8(2)11(7-13)9-3-5-10(12)6-4-9/h3-6,8,11,13H,7,12H2,1-2H3/t11-/m0/s1. The minimum absolute atomic E-state index is 0.196. The minimum atomic E-state index is 0.196. The van der Waals surface area contributed by atoms with Gasteiger partial charge in [0.25, 0.3) is 0 Å². The van der Waals surface area contributed by atoms with Crippen molar-refractivity contribution in [2.75, 3.05) is 12.3 Å². The summed E-state index contributed by atoms with van der Waals surface area (Å²) in [5, 5.41) is 9.19. The molecule has 2 heteroatoms. The van der Waals surface area contributed by atoms with E-state index in [0.717, 1.165) is 11.3 Å². The van der Waals surface area contributed by atoms with Crippen LogP contribution in [0.3, 0.4) is 0 Å². The summed E-state index contributed by atoms with van der Waals surface area (Å²) in [6.45, 7) is 4.41. The molecule has 0 heterocycles. The number of nitrogens with two attached hydrogens (primary N) is 1. The number of anilines is 1. The summed E-state index contributed by atoms with van der Waals surface area (Å²) in [4.78, 5) is 0.